The van der Waals surface area contributed by atoms with Gasteiger partial charge in [-0.3, -0.25) is 9.59 Å². The van der Waals surface area contributed by atoms with E-state index in [1.807, 2.05) is 25.7 Å². The lowest BCUT2D eigenvalue weighted by molar-refractivity contribution is -0.156. The number of rotatable bonds is 2. The van der Waals surface area contributed by atoms with E-state index >= 15 is 0 Å². The van der Waals surface area contributed by atoms with Gasteiger partial charge in [0.25, 0.3) is 0 Å². The van der Waals surface area contributed by atoms with E-state index in [0.717, 1.165) is 25.7 Å². The zero-order chi connectivity index (χ0) is 14.5. The maximum absolute atomic E-state index is 13.0. The molecule has 4 heteroatoms. The fourth-order valence-corrected chi connectivity index (χ4v) is 3.73. The van der Waals surface area contributed by atoms with Crippen molar-refractivity contribution in [2.45, 2.75) is 77.4 Å². The second kappa shape index (κ2) is 4.74. The third-order valence-corrected chi connectivity index (χ3v) is 5.01. The minimum absolute atomic E-state index is 0.0823. The largest absolute Gasteiger partial charge is 0.342 e. The van der Waals surface area contributed by atoms with Gasteiger partial charge in [-0.1, -0.05) is 33.6 Å². The maximum atomic E-state index is 13.0. The molecule has 2 unspecified atom stereocenters. The molecule has 20 heavy (non-hydrogen) atoms. The van der Waals surface area contributed by atoms with Gasteiger partial charge in [0.15, 0.2) is 0 Å². The summed E-state index contributed by atoms with van der Waals surface area (Å²) in [7, 11) is 0. The Morgan fingerprint density at radius 1 is 1.05 bits per heavy atom. The lowest BCUT2D eigenvalue weighted by Gasteiger charge is -2.46. The fraction of sp³-hybridized carbons (Fsp3) is 0.875. The Balaban J connectivity index is 1.90. The van der Waals surface area contributed by atoms with E-state index in [9.17, 15) is 9.59 Å². The number of amides is 2. The van der Waals surface area contributed by atoms with Crippen LogP contribution in [0, 0.1) is 11.3 Å². The molecule has 0 aromatic carbocycles. The third kappa shape index (κ3) is 2.33. The second-order valence-electron chi connectivity index (χ2n) is 7.77. The van der Waals surface area contributed by atoms with Crippen molar-refractivity contribution >= 4 is 11.8 Å². The topological polar surface area (TPSA) is 49.4 Å². The van der Waals surface area contributed by atoms with Gasteiger partial charge in [0.1, 0.15) is 12.1 Å². The highest BCUT2D eigenvalue weighted by molar-refractivity contribution is 5.98. The molecule has 0 radical (unpaired) electrons. The molecule has 1 aliphatic heterocycles. The van der Waals surface area contributed by atoms with Crippen molar-refractivity contribution in [3.8, 4) is 0 Å². The summed E-state index contributed by atoms with van der Waals surface area (Å²) in [6.45, 7) is 6.08. The molecule has 0 bridgehead atoms. The summed E-state index contributed by atoms with van der Waals surface area (Å²) in [6.07, 6.45) is 6.70. The van der Waals surface area contributed by atoms with Crippen molar-refractivity contribution < 1.29 is 9.59 Å². The standard InChI is InChI=1S/C16H26N2O2/c1-16(2,3)13-15(20)18(11-6-4-5-7-11)12(10-8-9-10)14(19)17-13/h10-13H,4-9H2,1-3H3,(H,17,19). The Hall–Kier alpha value is -1.06. The molecule has 0 aromatic rings. The van der Waals surface area contributed by atoms with Crippen molar-refractivity contribution in [3.63, 3.8) is 0 Å². The Morgan fingerprint density at radius 3 is 2.15 bits per heavy atom. The summed E-state index contributed by atoms with van der Waals surface area (Å²) in [6, 6.07) is -0.265. The van der Waals surface area contributed by atoms with Crippen LogP contribution in [-0.4, -0.2) is 34.8 Å². The van der Waals surface area contributed by atoms with Crippen LogP contribution in [0.2, 0.25) is 0 Å². The lowest BCUT2D eigenvalue weighted by Crippen LogP contribution is -2.68. The number of hydrogen-bond acceptors (Lipinski definition) is 2. The van der Waals surface area contributed by atoms with E-state index in [2.05, 4.69) is 5.32 Å². The first-order chi connectivity index (χ1) is 9.39. The predicted octanol–water partition coefficient (Wildman–Crippen LogP) is 2.08. The van der Waals surface area contributed by atoms with Crippen LogP contribution >= 0.6 is 0 Å². The Morgan fingerprint density at radius 2 is 1.65 bits per heavy atom. The summed E-state index contributed by atoms with van der Waals surface area (Å²) >= 11 is 0. The first-order valence-corrected chi connectivity index (χ1v) is 8.02. The van der Waals surface area contributed by atoms with E-state index < -0.39 is 0 Å². The minimum atomic E-state index is -0.370. The van der Waals surface area contributed by atoms with E-state index in [1.165, 1.54) is 12.8 Å². The average Bonchev–Trinajstić information content (AvgIpc) is 3.04. The third-order valence-electron chi connectivity index (χ3n) is 5.01. The Bertz CT molecular complexity index is 417. The highest BCUT2D eigenvalue weighted by Gasteiger charge is 2.52. The first kappa shape index (κ1) is 13.9. The molecule has 1 N–H and O–H groups in total. The van der Waals surface area contributed by atoms with Crippen molar-refractivity contribution in [2.75, 3.05) is 0 Å². The molecule has 2 atom stereocenters. The smallest absolute Gasteiger partial charge is 0.246 e. The van der Waals surface area contributed by atoms with Crippen LogP contribution in [0.15, 0.2) is 0 Å². The number of piperazine rings is 1. The molecular weight excluding hydrogens is 252 g/mol. The number of nitrogens with zero attached hydrogens (tertiary/aromatic N) is 1. The number of hydrogen-bond donors (Lipinski definition) is 1. The summed E-state index contributed by atoms with van der Waals surface area (Å²) in [5, 5.41) is 3.00. The van der Waals surface area contributed by atoms with Gasteiger partial charge in [-0.25, -0.2) is 0 Å². The van der Waals surface area contributed by atoms with Crippen LogP contribution in [-0.2, 0) is 9.59 Å². The molecule has 1 heterocycles. The molecule has 0 aromatic heterocycles. The molecular formula is C16H26N2O2. The van der Waals surface area contributed by atoms with Crippen molar-refractivity contribution in [3.05, 3.63) is 0 Å². The van der Waals surface area contributed by atoms with Crippen molar-refractivity contribution in [1.29, 1.82) is 0 Å². The SMILES string of the molecule is CC(C)(C)C1NC(=O)C(C2CC2)N(C2CCCC2)C1=O. The normalized spacial score (nSPS) is 32.6. The molecule has 2 aliphatic carbocycles. The van der Waals surface area contributed by atoms with E-state index in [1.54, 1.807) is 0 Å². The monoisotopic (exact) mass is 278 g/mol. The van der Waals surface area contributed by atoms with Crippen LogP contribution in [0.1, 0.15) is 59.3 Å². The number of carbonyl (C=O) groups excluding carboxylic acids is 2. The van der Waals surface area contributed by atoms with E-state index in [0.29, 0.717) is 12.0 Å². The summed E-state index contributed by atoms with van der Waals surface area (Å²) in [4.78, 5) is 27.5. The molecule has 1 saturated heterocycles. The molecule has 112 valence electrons. The summed E-state index contributed by atoms with van der Waals surface area (Å²) < 4.78 is 0. The van der Waals surface area contributed by atoms with Gasteiger partial charge in [0.2, 0.25) is 11.8 Å². The fourth-order valence-electron chi connectivity index (χ4n) is 3.73. The summed E-state index contributed by atoms with van der Waals surface area (Å²) in [5.74, 6) is 0.639. The molecule has 2 saturated carbocycles. The molecule has 3 fully saturated rings. The van der Waals surface area contributed by atoms with E-state index in [-0.39, 0.29) is 29.3 Å². The Kier molecular flexibility index (Phi) is 3.30. The second-order valence-corrected chi connectivity index (χ2v) is 7.77. The molecule has 2 amide bonds. The van der Waals surface area contributed by atoms with Crippen LogP contribution < -0.4 is 5.32 Å². The van der Waals surface area contributed by atoms with Crippen LogP contribution in [0.25, 0.3) is 0 Å². The average molecular weight is 278 g/mol. The van der Waals surface area contributed by atoms with Crippen LogP contribution in [0.5, 0.6) is 0 Å². The van der Waals surface area contributed by atoms with Gasteiger partial charge in [-0.15, -0.1) is 0 Å². The lowest BCUT2D eigenvalue weighted by atomic mass is 9.83. The quantitative estimate of drug-likeness (QED) is 0.840. The van der Waals surface area contributed by atoms with Crippen LogP contribution in [0.4, 0.5) is 0 Å². The van der Waals surface area contributed by atoms with Gasteiger partial charge in [0.05, 0.1) is 0 Å². The molecule has 3 aliphatic rings. The van der Waals surface area contributed by atoms with Gasteiger partial charge >= 0.3 is 0 Å². The summed E-state index contributed by atoms with van der Waals surface area (Å²) in [5.41, 5.74) is -0.224. The number of carbonyl (C=O) groups is 2. The molecule has 4 nitrogen and oxygen atoms in total. The Labute approximate surface area is 121 Å². The number of nitrogens with one attached hydrogen (secondary N) is 1. The first-order valence-electron chi connectivity index (χ1n) is 8.02. The zero-order valence-corrected chi connectivity index (χ0v) is 12.8. The predicted molar refractivity (Wildman–Crippen MR) is 77.0 cm³/mol. The van der Waals surface area contributed by atoms with Gasteiger partial charge < -0.3 is 10.2 Å². The maximum Gasteiger partial charge on any atom is 0.246 e. The van der Waals surface area contributed by atoms with Crippen molar-refractivity contribution in [2.24, 2.45) is 11.3 Å². The van der Waals surface area contributed by atoms with Gasteiger partial charge in [-0.2, -0.15) is 0 Å². The molecule has 3 rings (SSSR count). The highest BCUT2D eigenvalue weighted by Crippen LogP contribution is 2.41. The van der Waals surface area contributed by atoms with Crippen LogP contribution in [0.3, 0.4) is 0 Å². The zero-order valence-electron chi connectivity index (χ0n) is 12.8. The molecule has 0 spiro atoms. The minimum Gasteiger partial charge on any atom is -0.342 e. The van der Waals surface area contributed by atoms with E-state index in [4.69, 9.17) is 0 Å². The van der Waals surface area contributed by atoms with Gasteiger partial charge in [-0.05, 0) is 37.0 Å². The van der Waals surface area contributed by atoms with Gasteiger partial charge in [0, 0.05) is 6.04 Å². The highest BCUT2D eigenvalue weighted by atomic mass is 16.2. The van der Waals surface area contributed by atoms with Crippen molar-refractivity contribution in [1.82, 2.24) is 10.2 Å².